The second-order valence-electron chi connectivity index (χ2n) is 10.5. The van der Waals surface area contributed by atoms with Gasteiger partial charge >= 0.3 is 0 Å². The summed E-state index contributed by atoms with van der Waals surface area (Å²) in [6.07, 6.45) is 2.30. The molecule has 0 bridgehead atoms. The zero-order valence-corrected chi connectivity index (χ0v) is 22.7. The lowest BCUT2D eigenvalue weighted by Crippen LogP contribution is -2.52. The number of benzene rings is 2. The molecular weight excluding hydrogens is 524 g/mol. The summed E-state index contributed by atoms with van der Waals surface area (Å²) >= 11 is 1.66. The quantitative estimate of drug-likeness (QED) is 0.379. The zero-order valence-electron chi connectivity index (χ0n) is 21.9. The predicted octanol–water partition coefficient (Wildman–Crippen LogP) is 3.44. The number of fused-ring (bicyclic) bond motifs is 2. The number of aromatic nitrogens is 2. The second-order valence-corrected chi connectivity index (χ2v) is 11.4. The van der Waals surface area contributed by atoms with Crippen LogP contribution in [0.5, 0.6) is 0 Å². The number of carbonyl (C=O) groups is 3. The summed E-state index contributed by atoms with van der Waals surface area (Å²) in [4.78, 5) is 53.6. The lowest BCUT2D eigenvalue weighted by molar-refractivity contribution is -0.136. The number of piperidine rings is 1. The first-order valence-corrected chi connectivity index (χ1v) is 14.4. The largest absolute Gasteiger partial charge is 0.353 e. The molecule has 2 aromatic carbocycles. The lowest BCUT2D eigenvalue weighted by Gasteiger charge is -2.35. The number of hydrogen-bond acceptors (Lipinski definition) is 8. The summed E-state index contributed by atoms with van der Waals surface area (Å²) in [6.45, 7) is 4.71. The molecular formula is C30H28N6O3S. The van der Waals surface area contributed by atoms with Crippen molar-refractivity contribution in [2.24, 2.45) is 0 Å². The highest BCUT2D eigenvalue weighted by Gasteiger charge is 2.39. The molecule has 4 aromatic rings. The van der Waals surface area contributed by atoms with Crippen LogP contribution in [0.3, 0.4) is 0 Å². The van der Waals surface area contributed by atoms with Crippen LogP contribution in [0.15, 0.2) is 60.2 Å². The molecule has 2 fully saturated rings. The minimum Gasteiger partial charge on any atom is -0.353 e. The molecule has 0 aliphatic carbocycles. The fourth-order valence-corrected chi connectivity index (χ4v) is 6.94. The summed E-state index contributed by atoms with van der Waals surface area (Å²) in [6, 6.07) is 15.8. The Morgan fingerprint density at radius 1 is 0.950 bits per heavy atom. The monoisotopic (exact) mass is 552 g/mol. The van der Waals surface area contributed by atoms with Gasteiger partial charge < -0.3 is 9.80 Å². The van der Waals surface area contributed by atoms with Crippen LogP contribution in [0, 0.1) is 0 Å². The van der Waals surface area contributed by atoms with Crippen molar-refractivity contribution in [3.05, 3.63) is 76.9 Å². The van der Waals surface area contributed by atoms with Crippen molar-refractivity contribution in [3.8, 4) is 11.1 Å². The molecule has 40 heavy (non-hydrogen) atoms. The molecule has 0 radical (unpaired) electrons. The summed E-state index contributed by atoms with van der Waals surface area (Å²) in [7, 11) is 0. The van der Waals surface area contributed by atoms with E-state index in [1.54, 1.807) is 22.6 Å². The van der Waals surface area contributed by atoms with Crippen molar-refractivity contribution in [2.45, 2.75) is 32.0 Å². The van der Waals surface area contributed by atoms with Crippen LogP contribution >= 0.6 is 11.3 Å². The van der Waals surface area contributed by atoms with Crippen molar-refractivity contribution >= 4 is 45.1 Å². The SMILES string of the molecule is O=C1CCC(N2Cc3cc(CN4CCN(c5ncnc6scc(-c7ccccc7)c56)CC4)ccc3C2=O)C(=O)N1. The van der Waals surface area contributed by atoms with Crippen molar-refractivity contribution in [3.63, 3.8) is 0 Å². The molecule has 5 heterocycles. The van der Waals surface area contributed by atoms with Crippen molar-refractivity contribution in [1.82, 2.24) is 25.1 Å². The first kappa shape index (κ1) is 24.9. The third kappa shape index (κ3) is 4.43. The molecule has 0 spiro atoms. The Morgan fingerprint density at radius 3 is 2.58 bits per heavy atom. The highest BCUT2D eigenvalue weighted by molar-refractivity contribution is 7.17. The number of anilines is 1. The van der Waals surface area contributed by atoms with Gasteiger partial charge in [-0.3, -0.25) is 24.6 Å². The molecule has 10 heteroatoms. The third-order valence-electron chi connectivity index (χ3n) is 8.10. The van der Waals surface area contributed by atoms with Crippen molar-refractivity contribution in [1.29, 1.82) is 0 Å². The molecule has 1 N–H and O–H groups in total. The predicted molar refractivity (Wildman–Crippen MR) is 153 cm³/mol. The standard InChI is InChI=1S/C30H28N6O3S/c37-25-9-8-24(28(38)33-25)36-16-21-14-19(6-7-22(21)30(36)39)15-34-10-12-35(13-11-34)27-26-23(20-4-2-1-3-5-20)17-40-29(26)32-18-31-27/h1-7,14,17-18,24H,8-13,15-16H2,(H,33,37,38). The molecule has 9 nitrogen and oxygen atoms in total. The third-order valence-corrected chi connectivity index (χ3v) is 8.99. The van der Waals surface area contributed by atoms with Gasteiger partial charge in [-0.15, -0.1) is 11.3 Å². The summed E-state index contributed by atoms with van der Waals surface area (Å²) in [5.41, 5.74) is 5.10. The highest BCUT2D eigenvalue weighted by atomic mass is 32.1. The minimum absolute atomic E-state index is 0.135. The number of imide groups is 1. The Hall–Kier alpha value is -4.15. The maximum absolute atomic E-state index is 13.0. The van der Waals surface area contributed by atoms with E-state index in [9.17, 15) is 14.4 Å². The zero-order chi connectivity index (χ0) is 27.2. The molecule has 3 aliphatic heterocycles. The Labute approximate surface area is 235 Å². The van der Waals surface area contributed by atoms with Gasteiger partial charge in [-0.2, -0.15) is 0 Å². The van der Waals surface area contributed by atoms with Crippen LogP contribution in [-0.2, 0) is 22.7 Å². The molecule has 2 saturated heterocycles. The summed E-state index contributed by atoms with van der Waals surface area (Å²) in [5, 5.41) is 5.66. The van der Waals surface area contributed by atoms with E-state index in [-0.39, 0.29) is 24.1 Å². The van der Waals surface area contributed by atoms with E-state index in [2.05, 4.69) is 55.8 Å². The fourth-order valence-electron chi connectivity index (χ4n) is 6.03. The Morgan fingerprint density at radius 2 is 1.77 bits per heavy atom. The number of thiophene rings is 1. The minimum atomic E-state index is -0.590. The first-order chi connectivity index (χ1) is 19.5. The highest BCUT2D eigenvalue weighted by Crippen LogP contribution is 2.38. The van der Waals surface area contributed by atoms with E-state index in [0.717, 1.165) is 59.9 Å². The fraction of sp³-hybridized carbons (Fsp3) is 0.300. The summed E-state index contributed by atoms with van der Waals surface area (Å²) < 4.78 is 0. The van der Waals surface area contributed by atoms with E-state index in [4.69, 9.17) is 4.98 Å². The Kier molecular flexibility index (Phi) is 6.28. The molecule has 3 aliphatic rings. The van der Waals surface area contributed by atoms with Gasteiger partial charge in [0, 0.05) is 62.2 Å². The van der Waals surface area contributed by atoms with E-state index in [0.29, 0.717) is 18.5 Å². The van der Waals surface area contributed by atoms with Crippen LogP contribution in [0.2, 0.25) is 0 Å². The van der Waals surface area contributed by atoms with Gasteiger partial charge in [0.05, 0.1) is 5.39 Å². The van der Waals surface area contributed by atoms with Crippen LogP contribution in [0.4, 0.5) is 5.82 Å². The van der Waals surface area contributed by atoms with Gasteiger partial charge in [0.2, 0.25) is 11.8 Å². The van der Waals surface area contributed by atoms with Crippen LogP contribution in [0.1, 0.15) is 34.3 Å². The lowest BCUT2D eigenvalue weighted by atomic mass is 10.0. The van der Waals surface area contributed by atoms with E-state index >= 15 is 0 Å². The topological polar surface area (TPSA) is 98.7 Å². The van der Waals surface area contributed by atoms with Crippen molar-refractivity contribution < 1.29 is 14.4 Å². The van der Waals surface area contributed by atoms with Crippen LogP contribution < -0.4 is 10.2 Å². The number of amides is 3. The van der Waals surface area contributed by atoms with Crippen LogP contribution in [-0.4, -0.2) is 69.7 Å². The number of rotatable bonds is 5. The Bertz CT molecular complexity index is 1630. The van der Waals surface area contributed by atoms with Gasteiger partial charge in [-0.25, -0.2) is 9.97 Å². The number of piperazine rings is 1. The molecule has 3 amide bonds. The second kappa shape index (κ2) is 10.1. The number of nitrogens with zero attached hydrogens (tertiary/aromatic N) is 5. The summed E-state index contributed by atoms with van der Waals surface area (Å²) in [5.74, 6) is 0.206. The van der Waals surface area contributed by atoms with Crippen LogP contribution in [0.25, 0.3) is 21.3 Å². The molecule has 202 valence electrons. The number of hydrogen-bond donors (Lipinski definition) is 1. The number of carbonyl (C=O) groups excluding carboxylic acids is 3. The molecule has 1 atom stereocenters. The van der Waals surface area contributed by atoms with Gasteiger partial charge in [0.15, 0.2) is 0 Å². The normalized spacial score (nSPS) is 19.8. The van der Waals surface area contributed by atoms with E-state index in [1.807, 2.05) is 18.2 Å². The smallest absolute Gasteiger partial charge is 0.255 e. The number of nitrogens with one attached hydrogen (secondary N) is 1. The first-order valence-electron chi connectivity index (χ1n) is 13.6. The molecule has 2 aromatic heterocycles. The average molecular weight is 553 g/mol. The van der Waals surface area contributed by atoms with E-state index < -0.39 is 6.04 Å². The Balaban J connectivity index is 1.03. The molecule has 0 saturated carbocycles. The maximum Gasteiger partial charge on any atom is 0.255 e. The molecule has 7 rings (SSSR count). The van der Waals surface area contributed by atoms with Gasteiger partial charge in [-0.1, -0.05) is 42.5 Å². The van der Waals surface area contributed by atoms with E-state index in [1.165, 1.54) is 11.1 Å². The maximum atomic E-state index is 13.0. The van der Waals surface area contributed by atoms with Gasteiger partial charge in [-0.05, 0) is 29.2 Å². The molecule has 1 unspecified atom stereocenters. The van der Waals surface area contributed by atoms with Gasteiger partial charge in [0.25, 0.3) is 5.91 Å². The average Bonchev–Trinajstić information content (AvgIpc) is 3.55. The van der Waals surface area contributed by atoms with Gasteiger partial charge in [0.1, 0.15) is 23.0 Å². The van der Waals surface area contributed by atoms with Crippen molar-refractivity contribution in [2.75, 3.05) is 31.1 Å².